The molecule has 68 valence electrons. The third-order valence-corrected chi connectivity index (χ3v) is 2.14. The molecule has 1 rings (SSSR count). The van der Waals surface area contributed by atoms with Gasteiger partial charge in [-0.2, -0.15) is 0 Å². The number of hydrogen-bond donors (Lipinski definition) is 1. The minimum Gasteiger partial charge on any atom is -0.353 e. The Morgan fingerprint density at radius 3 is 3.00 bits per heavy atom. The molecule has 0 aromatic rings. The van der Waals surface area contributed by atoms with Crippen molar-refractivity contribution in [1.82, 2.24) is 5.32 Å². The average molecular weight is 188 g/mol. The van der Waals surface area contributed by atoms with Crippen molar-refractivity contribution in [2.45, 2.75) is 31.7 Å². The number of hydrogen-bond acceptors (Lipinski definition) is 1. The van der Waals surface area contributed by atoms with Crippen LogP contribution in [0, 0.1) is 0 Å². The van der Waals surface area contributed by atoms with E-state index < -0.39 is 0 Å². The molecule has 0 spiro atoms. The van der Waals surface area contributed by atoms with Gasteiger partial charge in [0.15, 0.2) is 0 Å². The average Bonchev–Trinajstić information content (AvgIpc) is 2.06. The monoisotopic (exact) mass is 187 g/mol. The molecule has 0 saturated carbocycles. The molecular weight excluding hydrogens is 174 g/mol. The molecule has 0 radical (unpaired) electrons. The normalized spacial score (nSPS) is 22.2. The number of carbonyl (C=O) groups excluding carboxylic acids is 1. The summed E-state index contributed by atoms with van der Waals surface area (Å²) in [5, 5.41) is 2.95. The lowest BCUT2D eigenvalue weighted by atomic mass is 10.0. The van der Waals surface area contributed by atoms with Gasteiger partial charge in [-0.3, -0.25) is 4.79 Å². The zero-order chi connectivity index (χ0) is 8.81. The van der Waals surface area contributed by atoms with Gasteiger partial charge >= 0.3 is 0 Å². The molecule has 0 heterocycles. The van der Waals surface area contributed by atoms with Crippen LogP contribution in [0.2, 0.25) is 0 Å². The molecule has 1 amide bonds. The molecule has 1 unspecified atom stereocenters. The maximum absolute atomic E-state index is 11.1. The number of carbonyl (C=O) groups is 1. The van der Waals surface area contributed by atoms with Gasteiger partial charge in [0.1, 0.15) is 0 Å². The minimum atomic E-state index is 0.0744. The first-order valence-corrected chi connectivity index (χ1v) is 4.86. The van der Waals surface area contributed by atoms with E-state index in [0.29, 0.717) is 18.3 Å². The topological polar surface area (TPSA) is 29.1 Å². The van der Waals surface area contributed by atoms with Crippen LogP contribution in [0.3, 0.4) is 0 Å². The summed E-state index contributed by atoms with van der Waals surface area (Å²) in [6.07, 6.45) is 7.81. The summed E-state index contributed by atoms with van der Waals surface area (Å²) < 4.78 is 0. The van der Waals surface area contributed by atoms with Crippen molar-refractivity contribution >= 4 is 17.5 Å². The summed E-state index contributed by atoms with van der Waals surface area (Å²) in [6.45, 7) is 0. The van der Waals surface area contributed by atoms with Crippen LogP contribution in [-0.2, 0) is 4.79 Å². The van der Waals surface area contributed by atoms with Crippen LogP contribution in [0.15, 0.2) is 12.2 Å². The summed E-state index contributed by atoms with van der Waals surface area (Å²) in [5.41, 5.74) is 0. The van der Waals surface area contributed by atoms with Crippen molar-refractivity contribution in [1.29, 1.82) is 0 Å². The third kappa shape index (κ3) is 3.26. The summed E-state index contributed by atoms with van der Waals surface area (Å²) in [5.74, 6) is 0.485. The summed E-state index contributed by atoms with van der Waals surface area (Å²) in [6, 6.07) is 0.339. The lowest BCUT2D eigenvalue weighted by molar-refractivity contribution is -0.121. The number of halogens is 1. The highest BCUT2D eigenvalue weighted by atomic mass is 35.5. The Hall–Kier alpha value is -0.500. The van der Waals surface area contributed by atoms with Crippen molar-refractivity contribution in [3.8, 4) is 0 Å². The van der Waals surface area contributed by atoms with Crippen LogP contribution < -0.4 is 5.32 Å². The fourth-order valence-corrected chi connectivity index (χ4v) is 1.48. The lowest BCUT2D eigenvalue weighted by Gasteiger charge is -2.18. The number of rotatable bonds is 3. The molecule has 0 aliphatic heterocycles. The van der Waals surface area contributed by atoms with E-state index in [9.17, 15) is 4.79 Å². The highest BCUT2D eigenvalue weighted by Crippen LogP contribution is 2.10. The quantitative estimate of drug-likeness (QED) is 0.530. The Kier molecular flexibility index (Phi) is 4.15. The van der Waals surface area contributed by atoms with Crippen molar-refractivity contribution in [2.75, 3.05) is 5.88 Å². The van der Waals surface area contributed by atoms with E-state index in [2.05, 4.69) is 17.5 Å². The van der Waals surface area contributed by atoms with Crippen molar-refractivity contribution in [2.24, 2.45) is 0 Å². The predicted octanol–water partition coefficient (Wildman–Crippen LogP) is 1.84. The van der Waals surface area contributed by atoms with E-state index in [1.54, 1.807) is 0 Å². The molecule has 0 aromatic carbocycles. The zero-order valence-electron chi connectivity index (χ0n) is 7.05. The smallest absolute Gasteiger partial charge is 0.221 e. The molecule has 1 aliphatic rings. The molecule has 2 nitrogen and oxygen atoms in total. The van der Waals surface area contributed by atoms with E-state index in [4.69, 9.17) is 11.6 Å². The number of amides is 1. The molecule has 0 saturated heterocycles. The second kappa shape index (κ2) is 5.20. The van der Waals surface area contributed by atoms with Crippen LogP contribution >= 0.6 is 11.6 Å². The van der Waals surface area contributed by atoms with Crippen LogP contribution in [0.25, 0.3) is 0 Å². The fourth-order valence-electron chi connectivity index (χ4n) is 1.31. The Bertz CT molecular complexity index is 179. The van der Waals surface area contributed by atoms with Crippen molar-refractivity contribution in [3.05, 3.63) is 12.2 Å². The Labute approximate surface area is 78.0 Å². The lowest BCUT2D eigenvalue weighted by Crippen LogP contribution is -2.35. The zero-order valence-corrected chi connectivity index (χ0v) is 7.81. The van der Waals surface area contributed by atoms with Gasteiger partial charge in [0.05, 0.1) is 0 Å². The summed E-state index contributed by atoms with van der Waals surface area (Å²) in [7, 11) is 0. The van der Waals surface area contributed by atoms with Crippen LogP contribution in [0.4, 0.5) is 0 Å². The first-order chi connectivity index (χ1) is 5.83. The van der Waals surface area contributed by atoms with E-state index >= 15 is 0 Å². The molecule has 0 aromatic heterocycles. The molecular formula is C9H14ClNO. The van der Waals surface area contributed by atoms with E-state index in [1.807, 2.05) is 0 Å². The van der Waals surface area contributed by atoms with Gasteiger partial charge in [0, 0.05) is 18.3 Å². The van der Waals surface area contributed by atoms with Gasteiger partial charge in [0.25, 0.3) is 0 Å². The highest BCUT2D eigenvalue weighted by Gasteiger charge is 2.11. The molecule has 1 aliphatic carbocycles. The summed E-state index contributed by atoms with van der Waals surface area (Å²) >= 11 is 5.44. The van der Waals surface area contributed by atoms with Gasteiger partial charge in [-0.15, -0.1) is 11.6 Å². The predicted molar refractivity (Wildman–Crippen MR) is 50.3 cm³/mol. The minimum absolute atomic E-state index is 0.0744. The van der Waals surface area contributed by atoms with E-state index in [-0.39, 0.29) is 5.91 Å². The van der Waals surface area contributed by atoms with Crippen molar-refractivity contribution < 1.29 is 4.79 Å². The van der Waals surface area contributed by atoms with Gasteiger partial charge in [-0.25, -0.2) is 0 Å². The van der Waals surface area contributed by atoms with Crippen molar-refractivity contribution in [3.63, 3.8) is 0 Å². The SMILES string of the molecule is O=C(CCCl)NC1CC=CCC1. The first-order valence-electron chi connectivity index (χ1n) is 4.33. The largest absolute Gasteiger partial charge is 0.353 e. The molecule has 1 N–H and O–H groups in total. The molecule has 1 atom stereocenters. The van der Waals surface area contributed by atoms with Gasteiger partial charge < -0.3 is 5.32 Å². The van der Waals surface area contributed by atoms with E-state index in [1.165, 1.54) is 0 Å². The Morgan fingerprint density at radius 1 is 1.58 bits per heavy atom. The van der Waals surface area contributed by atoms with Gasteiger partial charge in [-0.1, -0.05) is 12.2 Å². The number of allylic oxidation sites excluding steroid dienone is 1. The second-order valence-corrected chi connectivity index (χ2v) is 3.37. The Balaban J connectivity index is 2.21. The molecule has 3 heteroatoms. The number of alkyl halides is 1. The molecule has 12 heavy (non-hydrogen) atoms. The third-order valence-electron chi connectivity index (χ3n) is 1.96. The van der Waals surface area contributed by atoms with Crippen LogP contribution in [0.5, 0.6) is 0 Å². The maximum Gasteiger partial charge on any atom is 0.221 e. The molecule has 0 fully saturated rings. The number of nitrogens with one attached hydrogen (secondary N) is 1. The molecule has 0 bridgehead atoms. The van der Waals surface area contributed by atoms with Gasteiger partial charge in [-0.05, 0) is 19.3 Å². The standard InChI is InChI=1S/C9H14ClNO/c10-7-6-9(12)11-8-4-2-1-3-5-8/h1-2,8H,3-7H2,(H,11,12). The maximum atomic E-state index is 11.1. The van der Waals surface area contributed by atoms with Crippen LogP contribution in [0.1, 0.15) is 25.7 Å². The van der Waals surface area contributed by atoms with Crippen LogP contribution in [-0.4, -0.2) is 17.8 Å². The van der Waals surface area contributed by atoms with Gasteiger partial charge in [0.2, 0.25) is 5.91 Å². The van der Waals surface area contributed by atoms with E-state index in [0.717, 1.165) is 19.3 Å². The Morgan fingerprint density at radius 2 is 2.42 bits per heavy atom. The second-order valence-electron chi connectivity index (χ2n) is 2.99. The fraction of sp³-hybridized carbons (Fsp3) is 0.667. The first kappa shape index (κ1) is 9.59. The highest BCUT2D eigenvalue weighted by molar-refractivity contribution is 6.18. The summed E-state index contributed by atoms with van der Waals surface area (Å²) in [4.78, 5) is 11.1.